The van der Waals surface area contributed by atoms with Gasteiger partial charge in [-0.3, -0.25) is 4.90 Å². The number of nitrogens with one attached hydrogen (secondary N) is 3. The minimum atomic E-state index is -0.667. The first kappa shape index (κ1) is 26.3. The number of esters is 1. The number of amides is 3. The molecule has 0 saturated carbocycles. The molecule has 10 heteroatoms. The summed E-state index contributed by atoms with van der Waals surface area (Å²) in [7, 11) is 1.56. The number of piperidine rings is 1. The van der Waals surface area contributed by atoms with E-state index in [4.69, 9.17) is 14.2 Å². The molecule has 3 rings (SSSR count). The van der Waals surface area contributed by atoms with Gasteiger partial charge in [-0.1, -0.05) is 12.1 Å². The zero-order chi connectivity index (χ0) is 25.6. The molecule has 0 unspecified atom stereocenters. The Balaban J connectivity index is 1.75. The van der Waals surface area contributed by atoms with E-state index in [1.54, 1.807) is 26.2 Å². The zero-order valence-electron chi connectivity index (χ0n) is 21.1. The van der Waals surface area contributed by atoms with Crippen LogP contribution in [0.15, 0.2) is 35.5 Å². The van der Waals surface area contributed by atoms with Crippen LogP contribution in [0.1, 0.15) is 52.1 Å². The van der Waals surface area contributed by atoms with Crippen LogP contribution in [-0.4, -0.2) is 68.0 Å². The van der Waals surface area contributed by atoms with E-state index in [1.807, 2.05) is 32.9 Å². The lowest BCUT2D eigenvalue weighted by Crippen LogP contribution is -2.50. The number of likely N-dealkylation sites (tertiary alicyclic amines) is 1. The Kier molecular flexibility index (Phi) is 8.61. The maximum Gasteiger partial charge on any atom is 0.407 e. The molecule has 0 aliphatic carbocycles. The van der Waals surface area contributed by atoms with Gasteiger partial charge < -0.3 is 30.2 Å². The van der Waals surface area contributed by atoms with Gasteiger partial charge in [0.2, 0.25) is 0 Å². The molecule has 1 atom stereocenters. The molecule has 3 amide bonds. The summed E-state index contributed by atoms with van der Waals surface area (Å²) in [5, 5.41) is 8.58. The molecule has 2 heterocycles. The van der Waals surface area contributed by atoms with E-state index in [-0.39, 0.29) is 18.7 Å². The van der Waals surface area contributed by atoms with Crippen molar-refractivity contribution in [1.82, 2.24) is 20.9 Å². The van der Waals surface area contributed by atoms with Crippen LogP contribution in [-0.2, 0) is 14.3 Å². The van der Waals surface area contributed by atoms with Crippen molar-refractivity contribution in [3.63, 3.8) is 0 Å². The monoisotopic (exact) mass is 488 g/mol. The molecule has 3 N–H and O–H groups in total. The SMILES string of the molecule is CCOC(=O)C1=C(CN2CCC(NC(=O)OC(C)(C)C)CC2)NC(=O)N[C@@H]1c1cccc(OC)c1. The Morgan fingerprint density at radius 2 is 1.91 bits per heavy atom. The Morgan fingerprint density at radius 3 is 2.54 bits per heavy atom. The van der Waals surface area contributed by atoms with Gasteiger partial charge in [0.15, 0.2) is 0 Å². The van der Waals surface area contributed by atoms with Crippen molar-refractivity contribution in [2.24, 2.45) is 0 Å². The summed E-state index contributed by atoms with van der Waals surface area (Å²) in [6.45, 7) is 9.20. The van der Waals surface area contributed by atoms with Gasteiger partial charge in [0.25, 0.3) is 0 Å². The highest BCUT2D eigenvalue weighted by Gasteiger charge is 2.35. The topological polar surface area (TPSA) is 118 Å². The van der Waals surface area contributed by atoms with E-state index in [0.29, 0.717) is 36.7 Å². The van der Waals surface area contributed by atoms with Gasteiger partial charge in [-0.15, -0.1) is 0 Å². The Labute approximate surface area is 206 Å². The summed E-state index contributed by atoms with van der Waals surface area (Å²) in [5.41, 5.74) is 1.06. The molecule has 2 aliphatic heterocycles. The third kappa shape index (κ3) is 7.35. The molecule has 1 fully saturated rings. The molecule has 1 aromatic rings. The van der Waals surface area contributed by atoms with Gasteiger partial charge in [-0.25, -0.2) is 14.4 Å². The number of rotatable bonds is 7. The quantitative estimate of drug-likeness (QED) is 0.505. The molecule has 0 spiro atoms. The molecule has 0 bridgehead atoms. The number of carbonyl (C=O) groups is 3. The third-order valence-corrected chi connectivity index (χ3v) is 5.77. The maximum atomic E-state index is 13.0. The Bertz CT molecular complexity index is 963. The van der Waals surface area contributed by atoms with Crippen molar-refractivity contribution in [2.45, 2.75) is 58.2 Å². The average Bonchev–Trinajstić information content (AvgIpc) is 2.79. The summed E-state index contributed by atoms with van der Waals surface area (Å²) in [6.07, 6.45) is 1.04. The van der Waals surface area contributed by atoms with Crippen LogP contribution in [0.5, 0.6) is 5.75 Å². The summed E-state index contributed by atoms with van der Waals surface area (Å²) >= 11 is 0. The standard InChI is InChI=1S/C25H36N4O6/c1-6-34-22(30)20-19(27-23(31)28-21(20)16-8-7-9-18(14-16)33-5)15-29-12-10-17(11-13-29)26-24(32)35-25(2,3)4/h7-9,14,17,21H,6,10-13,15H2,1-5H3,(H,26,32)(H2,27,28,31)/t21-/m1/s1. The number of carbonyl (C=O) groups excluding carboxylic acids is 3. The van der Waals surface area contributed by atoms with Crippen LogP contribution in [0.25, 0.3) is 0 Å². The fraction of sp³-hybridized carbons (Fsp3) is 0.560. The highest BCUT2D eigenvalue weighted by molar-refractivity contribution is 5.95. The number of urea groups is 1. The molecule has 1 aromatic carbocycles. The van der Waals surface area contributed by atoms with Crippen molar-refractivity contribution in [3.8, 4) is 5.75 Å². The van der Waals surface area contributed by atoms with Crippen LogP contribution in [0.4, 0.5) is 9.59 Å². The molecule has 10 nitrogen and oxygen atoms in total. The molecule has 1 saturated heterocycles. The van der Waals surface area contributed by atoms with Crippen molar-refractivity contribution in [3.05, 3.63) is 41.1 Å². The maximum absolute atomic E-state index is 13.0. The Hall–Kier alpha value is -3.27. The van der Waals surface area contributed by atoms with E-state index >= 15 is 0 Å². The van der Waals surface area contributed by atoms with E-state index in [9.17, 15) is 14.4 Å². The lowest BCUT2D eigenvalue weighted by Gasteiger charge is -2.35. The predicted octanol–water partition coefficient (Wildman–Crippen LogP) is 2.86. The number of hydrogen-bond acceptors (Lipinski definition) is 7. The van der Waals surface area contributed by atoms with Gasteiger partial charge in [-0.2, -0.15) is 0 Å². The zero-order valence-corrected chi connectivity index (χ0v) is 21.1. The minimum Gasteiger partial charge on any atom is -0.497 e. The summed E-state index contributed by atoms with van der Waals surface area (Å²) in [4.78, 5) is 39.8. The smallest absolute Gasteiger partial charge is 0.407 e. The first-order valence-electron chi connectivity index (χ1n) is 11.9. The second-order valence-corrected chi connectivity index (χ2v) is 9.62. The number of methoxy groups -OCH3 is 1. The predicted molar refractivity (Wildman–Crippen MR) is 130 cm³/mol. The van der Waals surface area contributed by atoms with Crippen molar-refractivity contribution >= 4 is 18.1 Å². The third-order valence-electron chi connectivity index (χ3n) is 5.77. The number of hydrogen-bond donors (Lipinski definition) is 3. The summed E-state index contributed by atoms with van der Waals surface area (Å²) in [6, 6.07) is 6.20. The second kappa shape index (κ2) is 11.4. The normalized spacial score (nSPS) is 19.5. The molecular weight excluding hydrogens is 452 g/mol. The van der Waals surface area contributed by atoms with Gasteiger partial charge in [0.1, 0.15) is 11.4 Å². The number of benzene rings is 1. The largest absolute Gasteiger partial charge is 0.497 e. The van der Waals surface area contributed by atoms with Crippen LogP contribution >= 0.6 is 0 Å². The first-order chi connectivity index (χ1) is 16.6. The van der Waals surface area contributed by atoms with Gasteiger partial charge in [0, 0.05) is 31.4 Å². The summed E-state index contributed by atoms with van der Waals surface area (Å²) in [5.74, 6) is 0.142. The average molecular weight is 489 g/mol. The van der Waals surface area contributed by atoms with Crippen LogP contribution in [0.3, 0.4) is 0 Å². The number of ether oxygens (including phenoxy) is 3. The van der Waals surface area contributed by atoms with Crippen molar-refractivity contribution in [1.29, 1.82) is 0 Å². The van der Waals surface area contributed by atoms with E-state index in [1.165, 1.54) is 0 Å². The lowest BCUT2D eigenvalue weighted by molar-refractivity contribution is -0.139. The van der Waals surface area contributed by atoms with Crippen molar-refractivity contribution < 1.29 is 28.6 Å². The van der Waals surface area contributed by atoms with E-state index < -0.39 is 23.7 Å². The highest BCUT2D eigenvalue weighted by Crippen LogP contribution is 2.30. The molecule has 0 radical (unpaired) electrons. The summed E-state index contributed by atoms with van der Waals surface area (Å²) < 4.78 is 16.0. The van der Waals surface area contributed by atoms with E-state index in [0.717, 1.165) is 18.4 Å². The number of nitrogens with zero attached hydrogens (tertiary/aromatic N) is 1. The first-order valence-corrected chi connectivity index (χ1v) is 11.9. The lowest BCUT2D eigenvalue weighted by atomic mass is 9.94. The molecule has 35 heavy (non-hydrogen) atoms. The van der Waals surface area contributed by atoms with E-state index in [2.05, 4.69) is 20.9 Å². The van der Waals surface area contributed by atoms with Crippen LogP contribution < -0.4 is 20.7 Å². The van der Waals surface area contributed by atoms with Crippen LogP contribution in [0, 0.1) is 0 Å². The fourth-order valence-electron chi connectivity index (χ4n) is 4.20. The highest BCUT2D eigenvalue weighted by atomic mass is 16.6. The van der Waals surface area contributed by atoms with Crippen LogP contribution in [0.2, 0.25) is 0 Å². The Morgan fingerprint density at radius 1 is 1.20 bits per heavy atom. The molecule has 0 aromatic heterocycles. The second-order valence-electron chi connectivity index (χ2n) is 9.62. The molecule has 2 aliphatic rings. The van der Waals surface area contributed by atoms with Crippen molar-refractivity contribution in [2.75, 3.05) is 33.4 Å². The fourth-order valence-corrected chi connectivity index (χ4v) is 4.20. The van der Waals surface area contributed by atoms with Gasteiger partial charge >= 0.3 is 18.1 Å². The molecule has 192 valence electrons. The van der Waals surface area contributed by atoms with Gasteiger partial charge in [-0.05, 0) is 58.2 Å². The minimum absolute atomic E-state index is 0.00625. The van der Waals surface area contributed by atoms with Gasteiger partial charge in [0.05, 0.1) is 25.3 Å². The molecular formula is C25H36N4O6. The number of alkyl carbamates (subject to hydrolysis) is 1.